The maximum absolute atomic E-state index is 5.20. The maximum atomic E-state index is 5.20. The van der Waals surface area contributed by atoms with Crippen LogP contribution in [0.15, 0.2) is 18.2 Å². The molecule has 0 radical (unpaired) electrons. The summed E-state index contributed by atoms with van der Waals surface area (Å²) in [6, 6.07) is 5.71. The van der Waals surface area contributed by atoms with E-state index in [9.17, 15) is 0 Å². The Morgan fingerprint density at radius 1 is 1.46 bits per heavy atom. The lowest BCUT2D eigenvalue weighted by Crippen LogP contribution is -2.04. The predicted molar refractivity (Wildman–Crippen MR) is 46.2 cm³/mol. The van der Waals surface area contributed by atoms with Crippen molar-refractivity contribution in [3.63, 3.8) is 0 Å². The van der Waals surface area contributed by atoms with E-state index in [4.69, 9.17) is 4.74 Å². The molecule has 1 atom stereocenters. The molecule has 0 aliphatic rings. The highest BCUT2D eigenvalue weighted by atomic mass is 16.5. The van der Waals surface area contributed by atoms with Gasteiger partial charge in [-0.25, -0.2) is 0 Å². The van der Waals surface area contributed by atoms with Gasteiger partial charge in [0.05, 0.1) is 11.8 Å². The van der Waals surface area contributed by atoms with Crippen LogP contribution in [0.5, 0.6) is 0 Å². The zero-order valence-electron chi connectivity index (χ0n) is 7.51. The molecule has 0 unspecified atom stereocenters. The number of nitrogens with zero attached hydrogens (tertiary/aromatic N) is 4. The van der Waals surface area contributed by atoms with Gasteiger partial charge >= 0.3 is 0 Å². The summed E-state index contributed by atoms with van der Waals surface area (Å²) in [7, 11) is 1.66. The first-order valence-electron chi connectivity index (χ1n) is 4.02. The fourth-order valence-corrected chi connectivity index (χ4v) is 1.21. The largest absolute Gasteiger partial charge is 0.375 e. The molecule has 0 fully saturated rings. The Labute approximate surface area is 75.3 Å². The minimum atomic E-state index is -0.00722. The summed E-state index contributed by atoms with van der Waals surface area (Å²) in [6.45, 7) is 1.95. The standard InChI is InChI=1S/C8H10N4O/c1-6(13-2)7-4-3-5-8-9-10-11-12(7)8/h3-6H,1-2H3/t6-/m0/s1. The van der Waals surface area contributed by atoms with Gasteiger partial charge in [-0.05, 0) is 29.5 Å². The van der Waals surface area contributed by atoms with Gasteiger partial charge in [0.15, 0.2) is 5.65 Å². The first-order valence-corrected chi connectivity index (χ1v) is 4.02. The Balaban J connectivity index is 2.60. The second-order valence-electron chi connectivity index (χ2n) is 2.78. The molecule has 13 heavy (non-hydrogen) atoms. The molecule has 0 aliphatic heterocycles. The number of ether oxygens (including phenoxy) is 1. The highest BCUT2D eigenvalue weighted by Gasteiger charge is 2.09. The van der Waals surface area contributed by atoms with E-state index in [-0.39, 0.29) is 6.10 Å². The highest BCUT2D eigenvalue weighted by Crippen LogP contribution is 2.14. The fourth-order valence-electron chi connectivity index (χ4n) is 1.21. The van der Waals surface area contributed by atoms with E-state index in [1.54, 1.807) is 11.6 Å². The molecule has 5 heteroatoms. The van der Waals surface area contributed by atoms with Gasteiger partial charge in [0.1, 0.15) is 0 Å². The molecule has 2 rings (SSSR count). The predicted octanol–water partition coefficient (Wildman–Crippen LogP) is 0.832. The van der Waals surface area contributed by atoms with Crippen molar-refractivity contribution in [2.45, 2.75) is 13.0 Å². The molecule has 68 valence electrons. The van der Waals surface area contributed by atoms with E-state index in [1.807, 2.05) is 25.1 Å². The lowest BCUT2D eigenvalue weighted by Gasteiger charge is -2.09. The molecule has 2 aromatic heterocycles. The van der Waals surface area contributed by atoms with Gasteiger partial charge in [-0.1, -0.05) is 6.07 Å². The third kappa shape index (κ3) is 1.27. The van der Waals surface area contributed by atoms with Crippen molar-refractivity contribution in [2.24, 2.45) is 0 Å². The monoisotopic (exact) mass is 178 g/mol. The van der Waals surface area contributed by atoms with Crippen LogP contribution < -0.4 is 0 Å². The van der Waals surface area contributed by atoms with Crippen LogP contribution in [0.4, 0.5) is 0 Å². The van der Waals surface area contributed by atoms with Crippen LogP contribution in [-0.2, 0) is 4.74 Å². The van der Waals surface area contributed by atoms with E-state index >= 15 is 0 Å². The van der Waals surface area contributed by atoms with Gasteiger partial charge in [-0.2, -0.15) is 4.52 Å². The van der Waals surface area contributed by atoms with Gasteiger partial charge in [0, 0.05) is 7.11 Å². The van der Waals surface area contributed by atoms with E-state index < -0.39 is 0 Å². The number of fused-ring (bicyclic) bond motifs is 1. The fraction of sp³-hybridized carbons (Fsp3) is 0.375. The smallest absolute Gasteiger partial charge is 0.179 e. The molecule has 0 amide bonds. The maximum Gasteiger partial charge on any atom is 0.179 e. The highest BCUT2D eigenvalue weighted by molar-refractivity contribution is 5.36. The number of hydrogen-bond donors (Lipinski definition) is 0. The summed E-state index contributed by atoms with van der Waals surface area (Å²) in [6.07, 6.45) is -0.00722. The number of tetrazole rings is 1. The zero-order valence-corrected chi connectivity index (χ0v) is 7.51. The Morgan fingerprint density at radius 2 is 2.31 bits per heavy atom. The second-order valence-corrected chi connectivity index (χ2v) is 2.78. The van der Waals surface area contributed by atoms with Crippen molar-refractivity contribution in [3.05, 3.63) is 23.9 Å². The van der Waals surface area contributed by atoms with Crippen LogP contribution in [0.25, 0.3) is 5.65 Å². The molecule has 2 aromatic rings. The van der Waals surface area contributed by atoms with Crippen molar-refractivity contribution in [1.29, 1.82) is 0 Å². The lowest BCUT2D eigenvalue weighted by molar-refractivity contribution is 0.114. The summed E-state index contributed by atoms with van der Waals surface area (Å²) in [5.74, 6) is 0. The summed E-state index contributed by atoms with van der Waals surface area (Å²) in [4.78, 5) is 0. The lowest BCUT2D eigenvalue weighted by atomic mass is 10.2. The second kappa shape index (κ2) is 3.10. The van der Waals surface area contributed by atoms with E-state index in [2.05, 4.69) is 15.5 Å². The summed E-state index contributed by atoms with van der Waals surface area (Å²) in [5.41, 5.74) is 1.69. The summed E-state index contributed by atoms with van der Waals surface area (Å²) < 4.78 is 6.87. The molecule has 0 aliphatic carbocycles. The van der Waals surface area contributed by atoms with Crippen LogP contribution in [0.3, 0.4) is 0 Å². The van der Waals surface area contributed by atoms with Gasteiger partial charge in [0.25, 0.3) is 0 Å². The average molecular weight is 178 g/mol. The number of pyridine rings is 1. The first kappa shape index (κ1) is 8.12. The molecule has 0 bridgehead atoms. The van der Waals surface area contributed by atoms with Crippen molar-refractivity contribution >= 4 is 5.65 Å². The Kier molecular flexibility index (Phi) is 1.94. The third-order valence-electron chi connectivity index (χ3n) is 2.02. The molecular formula is C8H10N4O. The SMILES string of the molecule is CO[C@@H](C)c1cccc2nnnn12. The minimum absolute atomic E-state index is 0.00722. The molecule has 0 saturated carbocycles. The van der Waals surface area contributed by atoms with Crippen molar-refractivity contribution in [3.8, 4) is 0 Å². The van der Waals surface area contributed by atoms with Crippen molar-refractivity contribution in [2.75, 3.05) is 7.11 Å². The molecule has 0 spiro atoms. The van der Waals surface area contributed by atoms with Gasteiger partial charge in [-0.3, -0.25) is 0 Å². The number of aromatic nitrogens is 4. The molecule has 0 N–H and O–H groups in total. The molecule has 0 saturated heterocycles. The van der Waals surface area contributed by atoms with Crippen LogP contribution in [-0.4, -0.2) is 27.2 Å². The van der Waals surface area contributed by atoms with Gasteiger partial charge in [0.2, 0.25) is 0 Å². The average Bonchev–Trinajstić information content (AvgIpc) is 2.63. The summed E-state index contributed by atoms with van der Waals surface area (Å²) in [5, 5.41) is 11.3. The Bertz CT molecular complexity index is 411. The van der Waals surface area contributed by atoms with Crippen LogP contribution in [0.2, 0.25) is 0 Å². The number of rotatable bonds is 2. The topological polar surface area (TPSA) is 52.3 Å². The number of hydrogen-bond acceptors (Lipinski definition) is 4. The zero-order chi connectivity index (χ0) is 9.26. The summed E-state index contributed by atoms with van der Waals surface area (Å²) >= 11 is 0. The minimum Gasteiger partial charge on any atom is -0.375 e. The van der Waals surface area contributed by atoms with Crippen LogP contribution >= 0.6 is 0 Å². The molecular weight excluding hydrogens is 168 g/mol. The first-order chi connectivity index (χ1) is 6.33. The van der Waals surface area contributed by atoms with Crippen molar-refractivity contribution in [1.82, 2.24) is 20.0 Å². The van der Waals surface area contributed by atoms with E-state index in [1.165, 1.54) is 0 Å². The third-order valence-corrected chi connectivity index (χ3v) is 2.02. The Morgan fingerprint density at radius 3 is 3.08 bits per heavy atom. The molecule has 5 nitrogen and oxygen atoms in total. The quantitative estimate of drug-likeness (QED) is 0.683. The van der Waals surface area contributed by atoms with E-state index in [0.29, 0.717) is 0 Å². The van der Waals surface area contributed by atoms with Gasteiger partial charge in [-0.15, -0.1) is 5.10 Å². The van der Waals surface area contributed by atoms with Crippen LogP contribution in [0.1, 0.15) is 18.7 Å². The Hall–Kier alpha value is -1.49. The molecule has 0 aromatic carbocycles. The van der Waals surface area contributed by atoms with Gasteiger partial charge < -0.3 is 4.74 Å². The van der Waals surface area contributed by atoms with E-state index in [0.717, 1.165) is 11.3 Å². The van der Waals surface area contributed by atoms with Crippen molar-refractivity contribution < 1.29 is 4.74 Å². The normalized spacial score (nSPS) is 13.4. The number of methoxy groups -OCH3 is 1. The van der Waals surface area contributed by atoms with Crippen LogP contribution in [0, 0.1) is 0 Å². The molecule has 2 heterocycles.